The first-order chi connectivity index (χ1) is 15.6. The van der Waals surface area contributed by atoms with E-state index in [1.807, 2.05) is 76.2 Å². The smallest absolute Gasteiger partial charge is 0.268 e. The monoisotopic (exact) mass is 457 g/mol. The van der Waals surface area contributed by atoms with Gasteiger partial charge in [-0.1, -0.05) is 87.0 Å². The molecule has 1 aromatic heterocycles. The minimum absolute atomic E-state index is 0.0777. The molecule has 1 heterocycles. The summed E-state index contributed by atoms with van der Waals surface area (Å²) in [5, 5.41) is 0.808. The molecule has 0 radical (unpaired) electrons. The number of carbonyl (C=O) groups is 1. The number of aryl methyl sites for hydroxylation is 1. The Balaban J connectivity index is 2.09. The standard InChI is InChI=1S/C28H27NO3S/c1-20-14-16-22(17-15-20)33(31,32)29-24-13-9-8-12-23(24)27(21-10-6-5-7-11-21)25(29)18-19-26(30)28(2,3)4/h5-19H,1-4H3/b19-18+. The van der Waals surface area contributed by atoms with Gasteiger partial charge >= 0.3 is 0 Å². The van der Waals surface area contributed by atoms with E-state index in [0.29, 0.717) is 11.2 Å². The maximum absolute atomic E-state index is 13.9. The Labute approximate surface area is 195 Å². The highest BCUT2D eigenvalue weighted by Crippen LogP contribution is 2.38. The van der Waals surface area contributed by atoms with Crippen molar-refractivity contribution in [2.75, 3.05) is 0 Å². The van der Waals surface area contributed by atoms with Crippen LogP contribution < -0.4 is 0 Å². The van der Waals surface area contributed by atoms with Crippen molar-refractivity contribution in [2.24, 2.45) is 5.41 Å². The predicted octanol–water partition coefficient (Wildman–Crippen LogP) is 6.48. The van der Waals surface area contributed by atoms with Gasteiger partial charge in [-0.05, 0) is 42.8 Å². The van der Waals surface area contributed by atoms with Crippen molar-refractivity contribution in [3.8, 4) is 11.1 Å². The molecule has 0 spiro atoms. The highest BCUT2D eigenvalue weighted by molar-refractivity contribution is 7.90. The number of fused-ring (bicyclic) bond motifs is 1. The SMILES string of the molecule is Cc1ccc(S(=O)(=O)n2c(/C=C/C(=O)C(C)(C)C)c(-c3ccccc3)c3ccccc32)cc1. The lowest BCUT2D eigenvalue weighted by Crippen LogP contribution is -2.18. The van der Waals surface area contributed by atoms with Crippen LogP contribution in [0.2, 0.25) is 0 Å². The van der Waals surface area contributed by atoms with E-state index in [2.05, 4.69) is 0 Å². The predicted molar refractivity (Wildman–Crippen MR) is 135 cm³/mol. The van der Waals surface area contributed by atoms with Crippen molar-refractivity contribution >= 4 is 32.8 Å². The number of nitrogens with zero attached hydrogens (tertiary/aromatic N) is 1. The number of allylic oxidation sites excluding steroid dienone is 1. The van der Waals surface area contributed by atoms with Gasteiger partial charge in [0.2, 0.25) is 0 Å². The van der Waals surface area contributed by atoms with E-state index >= 15 is 0 Å². The number of benzene rings is 3. The number of carbonyl (C=O) groups excluding carboxylic acids is 1. The molecule has 0 aliphatic rings. The van der Waals surface area contributed by atoms with Gasteiger partial charge in [0.15, 0.2) is 5.78 Å². The van der Waals surface area contributed by atoms with E-state index in [9.17, 15) is 13.2 Å². The summed E-state index contributed by atoms with van der Waals surface area (Å²) < 4.78 is 29.2. The zero-order valence-corrected chi connectivity index (χ0v) is 20.1. The molecule has 0 fully saturated rings. The zero-order chi connectivity index (χ0) is 23.8. The molecule has 4 aromatic rings. The molecule has 168 valence electrons. The zero-order valence-electron chi connectivity index (χ0n) is 19.2. The molecule has 0 aliphatic heterocycles. The van der Waals surface area contributed by atoms with Crippen LogP contribution in [0, 0.1) is 12.3 Å². The van der Waals surface area contributed by atoms with E-state index in [-0.39, 0.29) is 10.7 Å². The van der Waals surface area contributed by atoms with E-state index < -0.39 is 15.4 Å². The van der Waals surface area contributed by atoms with Gasteiger partial charge in [0.25, 0.3) is 10.0 Å². The minimum atomic E-state index is -3.93. The molecular formula is C28H27NO3S. The van der Waals surface area contributed by atoms with E-state index in [1.165, 1.54) is 10.0 Å². The third kappa shape index (κ3) is 4.29. The number of aromatic nitrogens is 1. The molecule has 0 amide bonds. The summed E-state index contributed by atoms with van der Waals surface area (Å²) in [6.07, 6.45) is 3.13. The van der Waals surface area contributed by atoms with Gasteiger partial charge in [0.05, 0.1) is 16.1 Å². The summed E-state index contributed by atoms with van der Waals surface area (Å²) in [7, 11) is -3.93. The first kappa shape index (κ1) is 22.7. The molecule has 4 nitrogen and oxygen atoms in total. The lowest BCUT2D eigenvalue weighted by Gasteiger charge is -2.14. The van der Waals surface area contributed by atoms with Gasteiger partial charge in [-0.15, -0.1) is 0 Å². The lowest BCUT2D eigenvalue weighted by molar-refractivity contribution is -0.121. The quantitative estimate of drug-likeness (QED) is 0.322. The fourth-order valence-electron chi connectivity index (χ4n) is 3.77. The van der Waals surface area contributed by atoms with Crippen LogP contribution >= 0.6 is 0 Å². The normalized spacial score (nSPS) is 12.5. The van der Waals surface area contributed by atoms with Crippen LogP contribution in [0.3, 0.4) is 0 Å². The fraction of sp³-hybridized carbons (Fsp3) is 0.179. The van der Waals surface area contributed by atoms with Crippen molar-refractivity contribution in [1.29, 1.82) is 0 Å². The van der Waals surface area contributed by atoms with Crippen molar-refractivity contribution in [2.45, 2.75) is 32.6 Å². The summed E-state index contributed by atoms with van der Waals surface area (Å²) in [6.45, 7) is 7.45. The average Bonchev–Trinajstić information content (AvgIpc) is 3.12. The minimum Gasteiger partial charge on any atom is -0.294 e. The van der Waals surface area contributed by atoms with Crippen LogP contribution in [0.15, 0.2) is 89.8 Å². The second-order valence-electron chi connectivity index (χ2n) is 9.17. The molecule has 0 saturated carbocycles. The molecule has 0 atom stereocenters. The van der Waals surface area contributed by atoms with Crippen LogP contribution in [0.25, 0.3) is 28.1 Å². The third-order valence-corrected chi connectivity index (χ3v) is 7.36. The lowest BCUT2D eigenvalue weighted by atomic mass is 9.90. The maximum Gasteiger partial charge on any atom is 0.268 e. The highest BCUT2D eigenvalue weighted by Gasteiger charge is 2.27. The van der Waals surface area contributed by atoms with Gasteiger partial charge in [-0.3, -0.25) is 4.79 Å². The first-order valence-electron chi connectivity index (χ1n) is 10.8. The third-order valence-electron chi connectivity index (χ3n) is 5.62. The molecule has 5 heteroatoms. The van der Waals surface area contributed by atoms with Gasteiger partial charge in [-0.2, -0.15) is 0 Å². The molecule has 3 aromatic carbocycles. The number of hydrogen-bond donors (Lipinski definition) is 0. The fourth-order valence-corrected chi connectivity index (χ4v) is 5.29. The van der Waals surface area contributed by atoms with Crippen LogP contribution in [0.4, 0.5) is 0 Å². The Morgan fingerprint density at radius 2 is 1.45 bits per heavy atom. The average molecular weight is 458 g/mol. The van der Waals surface area contributed by atoms with Crippen molar-refractivity contribution < 1.29 is 13.2 Å². The van der Waals surface area contributed by atoms with Gasteiger partial charge < -0.3 is 0 Å². The summed E-state index contributed by atoms with van der Waals surface area (Å²) in [5.41, 5.74) is 3.10. The summed E-state index contributed by atoms with van der Waals surface area (Å²) in [4.78, 5) is 12.9. The van der Waals surface area contributed by atoms with Gasteiger partial charge in [0.1, 0.15) is 0 Å². The number of hydrogen-bond acceptors (Lipinski definition) is 3. The van der Waals surface area contributed by atoms with Gasteiger partial charge in [-0.25, -0.2) is 12.4 Å². The van der Waals surface area contributed by atoms with Crippen LogP contribution in [0.5, 0.6) is 0 Å². The second kappa shape index (κ2) is 8.49. The molecule has 0 bridgehead atoms. The largest absolute Gasteiger partial charge is 0.294 e. The molecular weight excluding hydrogens is 430 g/mol. The van der Waals surface area contributed by atoms with Crippen molar-refractivity contribution in [1.82, 2.24) is 3.97 Å². The summed E-state index contributed by atoms with van der Waals surface area (Å²) >= 11 is 0. The van der Waals surface area contributed by atoms with E-state index in [1.54, 1.807) is 36.4 Å². The molecule has 0 unspecified atom stereocenters. The molecule has 0 saturated heterocycles. The molecule has 0 N–H and O–H groups in total. The van der Waals surface area contributed by atoms with Crippen LogP contribution in [-0.2, 0) is 14.8 Å². The molecule has 33 heavy (non-hydrogen) atoms. The molecule has 4 rings (SSSR count). The Morgan fingerprint density at radius 1 is 0.848 bits per heavy atom. The first-order valence-corrected chi connectivity index (χ1v) is 12.3. The summed E-state index contributed by atoms with van der Waals surface area (Å²) in [6, 6.07) is 23.9. The topological polar surface area (TPSA) is 56.1 Å². The van der Waals surface area contributed by atoms with Gasteiger partial charge in [0, 0.05) is 16.4 Å². The van der Waals surface area contributed by atoms with Crippen molar-refractivity contribution in [3.63, 3.8) is 0 Å². The second-order valence-corrected chi connectivity index (χ2v) is 11.0. The molecule has 0 aliphatic carbocycles. The Hall–Kier alpha value is -3.44. The highest BCUT2D eigenvalue weighted by atomic mass is 32.2. The van der Waals surface area contributed by atoms with Crippen LogP contribution in [-0.4, -0.2) is 18.2 Å². The number of rotatable bonds is 5. The Morgan fingerprint density at radius 3 is 2.09 bits per heavy atom. The Kier molecular flexibility index (Phi) is 5.85. The summed E-state index contributed by atoms with van der Waals surface area (Å²) in [5.74, 6) is -0.0777. The van der Waals surface area contributed by atoms with E-state index in [4.69, 9.17) is 0 Å². The van der Waals surface area contributed by atoms with Crippen molar-refractivity contribution in [3.05, 3.63) is 96.2 Å². The number of para-hydroxylation sites is 1. The van der Waals surface area contributed by atoms with E-state index in [0.717, 1.165) is 22.1 Å². The Bertz CT molecular complexity index is 1450. The van der Waals surface area contributed by atoms with Crippen LogP contribution in [0.1, 0.15) is 32.0 Å². The maximum atomic E-state index is 13.9. The number of ketones is 1.